The predicted molar refractivity (Wildman–Crippen MR) is 118 cm³/mol. The number of hydrogen-bond donors (Lipinski definition) is 3. The molecule has 0 aromatic heterocycles. The maximum atomic E-state index is 13.7. The van der Waals surface area contributed by atoms with Crippen molar-refractivity contribution in [3.05, 3.63) is 54.1 Å². The molecule has 2 saturated heterocycles. The Morgan fingerprint density at radius 1 is 1.06 bits per heavy atom. The van der Waals surface area contributed by atoms with Crippen LogP contribution in [-0.2, 0) is 29.5 Å². The molecule has 1 spiro atoms. The van der Waals surface area contributed by atoms with Crippen LogP contribution in [0.25, 0.3) is 0 Å². The van der Waals surface area contributed by atoms with Crippen molar-refractivity contribution in [2.75, 3.05) is 10.2 Å². The Balaban J connectivity index is 1.57. The van der Waals surface area contributed by atoms with Crippen LogP contribution >= 0.6 is 0 Å². The molecule has 0 unspecified atom stereocenters. The van der Waals surface area contributed by atoms with Gasteiger partial charge in [-0.2, -0.15) is 0 Å². The van der Waals surface area contributed by atoms with Gasteiger partial charge in [0.15, 0.2) is 0 Å². The molecule has 0 aliphatic carbocycles. The van der Waals surface area contributed by atoms with Gasteiger partial charge in [0.2, 0.25) is 17.7 Å². The standard InChI is InChI=1S/C24H21N3O7/c1-12(28)34-14-8-6-13(7-9-14)27-21(31)19-17(10-11-18(29)30)26-24(20(19)22(27)32)15-4-2-3-5-16(15)25-23(24)33/h2-9,17,19-20,26H,10-11H2,1H3,(H,25,33)(H,29,30)/t17-,19+,20-,24-/m0/s1. The number of ether oxygens (including phenoxy) is 1. The number of amides is 3. The Labute approximate surface area is 193 Å². The van der Waals surface area contributed by atoms with Crippen LogP contribution in [0.1, 0.15) is 25.3 Å². The molecule has 3 aliphatic heterocycles. The highest BCUT2D eigenvalue weighted by Crippen LogP contribution is 2.54. The number of hydrogen-bond acceptors (Lipinski definition) is 7. The van der Waals surface area contributed by atoms with E-state index in [0.29, 0.717) is 11.3 Å². The van der Waals surface area contributed by atoms with Gasteiger partial charge in [-0.3, -0.25) is 29.3 Å². The number of carboxylic acids is 1. The topological polar surface area (TPSA) is 142 Å². The normalized spacial score (nSPS) is 27.0. The highest BCUT2D eigenvalue weighted by atomic mass is 16.5. The molecule has 0 saturated carbocycles. The van der Waals surface area contributed by atoms with E-state index in [-0.39, 0.29) is 24.3 Å². The summed E-state index contributed by atoms with van der Waals surface area (Å²) < 4.78 is 5.01. The van der Waals surface area contributed by atoms with Gasteiger partial charge >= 0.3 is 11.9 Å². The van der Waals surface area contributed by atoms with E-state index in [1.54, 1.807) is 24.3 Å². The number of anilines is 2. The molecule has 5 rings (SSSR count). The van der Waals surface area contributed by atoms with Crippen molar-refractivity contribution in [1.82, 2.24) is 5.32 Å². The Hall–Kier alpha value is -4.05. The van der Waals surface area contributed by atoms with Crippen LogP contribution in [0, 0.1) is 11.8 Å². The zero-order chi connectivity index (χ0) is 24.2. The number of para-hydroxylation sites is 1. The van der Waals surface area contributed by atoms with Crippen molar-refractivity contribution >= 4 is 41.0 Å². The van der Waals surface area contributed by atoms with Gasteiger partial charge in [0.05, 0.1) is 17.5 Å². The van der Waals surface area contributed by atoms with E-state index in [1.807, 2.05) is 0 Å². The lowest BCUT2D eigenvalue weighted by Gasteiger charge is -2.29. The third kappa shape index (κ3) is 3.10. The number of nitrogens with one attached hydrogen (secondary N) is 2. The molecule has 10 nitrogen and oxygen atoms in total. The summed E-state index contributed by atoms with van der Waals surface area (Å²) in [5.41, 5.74) is -0.105. The second-order valence-electron chi connectivity index (χ2n) is 8.59. The first-order chi connectivity index (χ1) is 16.2. The molecule has 34 heavy (non-hydrogen) atoms. The summed E-state index contributed by atoms with van der Waals surface area (Å²) >= 11 is 0. The van der Waals surface area contributed by atoms with Gasteiger partial charge in [-0.1, -0.05) is 18.2 Å². The first kappa shape index (κ1) is 21.8. The molecule has 3 amide bonds. The fraction of sp³-hybridized carbons (Fsp3) is 0.292. The van der Waals surface area contributed by atoms with Crippen molar-refractivity contribution in [1.29, 1.82) is 0 Å². The van der Waals surface area contributed by atoms with E-state index in [4.69, 9.17) is 4.74 Å². The van der Waals surface area contributed by atoms with Crippen LogP contribution < -0.4 is 20.3 Å². The fourth-order valence-electron chi connectivity index (χ4n) is 5.37. The maximum Gasteiger partial charge on any atom is 0.308 e. The van der Waals surface area contributed by atoms with Crippen LogP contribution in [0.5, 0.6) is 5.75 Å². The largest absolute Gasteiger partial charge is 0.481 e. The van der Waals surface area contributed by atoms with Crippen LogP contribution in [0.4, 0.5) is 11.4 Å². The molecule has 3 heterocycles. The van der Waals surface area contributed by atoms with Gasteiger partial charge in [0, 0.05) is 30.6 Å². The van der Waals surface area contributed by atoms with E-state index < -0.39 is 53.1 Å². The number of carboxylic acid groups (broad SMARTS) is 1. The second kappa shape index (κ2) is 7.77. The van der Waals surface area contributed by atoms with Crippen molar-refractivity contribution in [3.8, 4) is 5.75 Å². The molecule has 2 aromatic carbocycles. The fourth-order valence-corrected chi connectivity index (χ4v) is 5.37. The van der Waals surface area contributed by atoms with Crippen LogP contribution in [0.3, 0.4) is 0 Å². The summed E-state index contributed by atoms with van der Waals surface area (Å²) in [7, 11) is 0. The minimum atomic E-state index is -1.48. The Morgan fingerprint density at radius 3 is 2.44 bits per heavy atom. The number of esters is 1. The van der Waals surface area contributed by atoms with E-state index in [9.17, 15) is 29.1 Å². The SMILES string of the molecule is CC(=O)Oc1ccc(N2C(=O)[C@@H]3[C@H](CCC(=O)O)N[C@]4(C(=O)Nc5ccccc54)[C@@H]3C2=O)cc1. The zero-order valence-electron chi connectivity index (χ0n) is 18.1. The van der Waals surface area contributed by atoms with Crippen molar-refractivity contribution in [2.24, 2.45) is 11.8 Å². The van der Waals surface area contributed by atoms with Gasteiger partial charge in [0.25, 0.3) is 0 Å². The molecule has 10 heteroatoms. The van der Waals surface area contributed by atoms with Crippen molar-refractivity contribution in [2.45, 2.75) is 31.3 Å². The van der Waals surface area contributed by atoms with Crippen molar-refractivity contribution < 1.29 is 33.8 Å². The lowest BCUT2D eigenvalue weighted by atomic mass is 9.76. The van der Waals surface area contributed by atoms with Crippen LogP contribution in [-0.4, -0.2) is 40.8 Å². The molecule has 0 radical (unpaired) electrons. The van der Waals surface area contributed by atoms with E-state index in [0.717, 1.165) is 4.90 Å². The van der Waals surface area contributed by atoms with Gasteiger partial charge in [0.1, 0.15) is 11.3 Å². The highest BCUT2D eigenvalue weighted by molar-refractivity contribution is 6.25. The average molecular weight is 463 g/mol. The molecular formula is C24H21N3O7. The molecular weight excluding hydrogens is 442 g/mol. The zero-order valence-corrected chi connectivity index (χ0v) is 18.1. The number of fused-ring (bicyclic) bond motifs is 4. The number of imide groups is 1. The monoisotopic (exact) mass is 463 g/mol. The summed E-state index contributed by atoms with van der Waals surface area (Å²) in [5, 5.41) is 15.2. The summed E-state index contributed by atoms with van der Waals surface area (Å²) in [4.78, 5) is 64.1. The summed E-state index contributed by atoms with van der Waals surface area (Å²) in [5.74, 6) is -4.75. The van der Waals surface area contributed by atoms with Gasteiger partial charge in [-0.25, -0.2) is 4.90 Å². The van der Waals surface area contributed by atoms with Gasteiger partial charge in [-0.15, -0.1) is 0 Å². The van der Waals surface area contributed by atoms with Crippen LogP contribution in [0.2, 0.25) is 0 Å². The Bertz CT molecular complexity index is 1240. The lowest BCUT2D eigenvalue weighted by Crippen LogP contribution is -2.53. The highest BCUT2D eigenvalue weighted by Gasteiger charge is 2.70. The quantitative estimate of drug-likeness (QED) is 0.343. The molecule has 2 aromatic rings. The number of carbonyl (C=O) groups excluding carboxylic acids is 4. The number of aliphatic carboxylic acids is 1. The number of benzene rings is 2. The Morgan fingerprint density at radius 2 is 1.76 bits per heavy atom. The third-order valence-corrected chi connectivity index (χ3v) is 6.65. The summed E-state index contributed by atoms with van der Waals surface area (Å²) in [6.45, 7) is 1.26. The van der Waals surface area contributed by atoms with Crippen LogP contribution in [0.15, 0.2) is 48.5 Å². The molecule has 3 N–H and O–H groups in total. The number of nitrogens with zero attached hydrogens (tertiary/aromatic N) is 1. The Kier molecular flexibility index (Phi) is 4.98. The minimum absolute atomic E-state index is 0.0753. The van der Waals surface area contributed by atoms with Crippen molar-refractivity contribution in [3.63, 3.8) is 0 Å². The molecule has 174 valence electrons. The molecule has 3 aliphatic rings. The summed E-state index contributed by atoms with van der Waals surface area (Å²) in [6, 6.07) is 12.2. The van der Waals surface area contributed by atoms with E-state index in [2.05, 4.69) is 10.6 Å². The average Bonchev–Trinajstić information content (AvgIpc) is 3.37. The van der Waals surface area contributed by atoms with E-state index >= 15 is 0 Å². The first-order valence-electron chi connectivity index (χ1n) is 10.8. The minimum Gasteiger partial charge on any atom is -0.481 e. The molecule has 2 fully saturated rings. The molecule has 0 bridgehead atoms. The second-order valence-corrected chi connectivity index (χ2v) is 8.59. The van der Waals surface area contributed by atoms with Gasteiger partial charge in [-0.05, 0) is 36.8 Å². The summed E-state index contributed by atoms with van der Waals surface area (Å²) in [6.07, 6.45) is -0.148. The number of carbonyl (C=O) groups is 5. The lowest BCUT2D eigenvalue weighted by molar-refractivity contribution is -0.137. The van der Waals surface area contributed by atoms with E-state index in [1.165, 1.54) is 31.2 Å². The smallest absolute Gasteiger partial charge is 0.308 e. The van der Waals surface area contributed by atoms with Gasteiger partial charge < -0.3 is 15.2 Å². The molecule has 4 atom stereocenters. The third-order valence-electron chi connectivity index (χ3n) is 6.65. The maximum absolute atomic E-state index is 13.7. The number of rotatable bonds is 5. The first-order valence-corrected chi connectivity index (χ1v) is 10.8. The predicted octanol–water partition coefficient (Wildman–Crippen LogP) is 1.40.